The normalized spacial score (nSPS) is 10.9. The van der Waals surface area contributed by atoms with E-state index in [1.165, 1.54) is 0 Å². The Morgan fingerprint density at radius 3 is 2.52 bits per heavy atom. The lowest BCUT2D eigenvalue weighted by Crippen LogP contribution is -2.19. The van der Waals surface area contributed by atoms with Crippen LogP contribution >= 0.6 is 43.5 Å². The van der Waals surface area contributed by atoms with Crippen molar-refractivity contribution in [1.29, 1.82) is 0 Å². The maximum atomic E-state index is 12.1. The molecule has 4 nitrogen and oxygen atoms in total. The molecular weight excluding hydrogens is 520 g/mol. The van der Waals surface area contributed by atoms with Crippen LogP contribution in [0.1, 0.15) is 16.7 Å². The van der Waals surface area contributed by atoms with Gasteiger partial charge in [-0.05, 0) is 53.6 Å². The number of hydrogen-bond donors (Lipinski definition) is 1. The number of carbonyl (C=O) groups is 1. The Balaban J connectivity index is 1.62. The Bertz CT molecular complexity index is 1020. The van der Waals surface area contributed by atoms with Crippen molar-refractivity contribution in [3.05, 3.63) is 97.4 Å². The SMILES string of the molecule is O=C(Cc1ccc(Cl)cc1)N/N=C/c1cc(Br)ccc1OCc1cccc(Br)c1. The van der Waals surface area contributed by atoms with Gasteiger partial charge in [-0.15, -0.1) is 0 Å². The smallest absolute Gasteiger partial charge is 0.244 e. The number of rotatable bonds is 7. The zero-order chi connectivity index (χ0) is 20.6. The fourth-order valence-corrected chi connectivity index (χ4v) is 3.49. The van der Waals surface area contributed by atoms with Crippen LogP contribution in [0.4, 0.5) is 0 Å². The standard InChI is InChI=1S/C22H17Br2ClN2O2/c23-18-3-1-2-16(10-18)14-29-21-9-6-19(24)12-17(21)13-26-27-22(28)11-15-4-7-20(25)8-5-15/h1-10,12-13H,11,14H2,(H,27,28)/b26-13+. The highest BCUT2D eigenvalue weighted by Gasteiger charge is 2.05. The summed E-state index contributed by atoms with van der Waals surface area (Å²) in [5, 5.41) is 4.70. The Hall–Kier alpha value is -2.15. The number of amides is 1. The van der Waals surface area contributed by atoms with E-state index in [2.05, 4.69) is 42.4 Å². The van der Waals surface area contributed by atoms with E-state index in [1.54, 1.807) is 18.3 Å². The third kappa shape index (κ3) is 6.99. The number of nitrogens with one attached hydrogen (secondary N) is 1. The van der Waals surface area contributed by atoms with E-state index in [0.717, 1.165) is 25.6 Å². The lowest BCUT2D eigenvalue weighted by molar-refractivity contribution is -0.120. The summed E-state index contributed by atoms with van der Waals surface area (Å²) < 4.78 is 7.83. The Labute approximate surface area is 191 Å². The molecule has 3 rings (SSSR count). The van der Waals surface area contributed by atoms with E-state index < -0.39 is 0 Å². The summed E-state index contributed by atoms with van der Waals surface area (Å²) in [5.74, 6) is 0.457. The molecule has 148 valence electrons. The van der Waals surface area contributed by atoms with E-state index in [4.69, 9.17) is 16.3 Å². The summed E-state index contributed by atoms with van der Waals surface area (Å²) in [4.78, 5) is 12.1. The van der Waals surface area contributed by atoms with Crippen molar-refractivity contribution in [2.45, 2.75) is 13.0 Å². The number of benzene rings is 3. The summed E-state index contributed by atoms with van der Waals surface area (Å²) in [6.07, 6.45) is 1.79. The summed E-state index contributed by atoms with van der Waals surface area (Å²) >= 11 is 12.8. The Kier molecular flexibility index (Phi) is 7.86. The van der Waals surface area contributed by atoms with Gasteiger partial charge in [0.2, 0.25) is 5.91 Å². The van der Waals surface area contributed by atoms with Crippen molar-refractivity contribution in [3.8, 4) is 5.75 Å². The number of hydrazone groups is 1. The van der Waals surface area contributed by atoms with Gasteiger partial charge in [0.1, 0.15) is 12.4 Å². The highest BCUT2D eigenvalue weighted by atomic mass is 79.9. The van der Waals surface area contributed by atoms with Crippen LogP contribution in [0.25, 0.3) is 0 Å². The van der Waals surface area contributed by atoms with E-state index in [1.807, 2.05) is 54.6 Å². The molecule has 0 saturated heterocycles. The van der Waals surface area contributed by atoms with Crippen molar-refractivity contribution in [3.63, 3.8) is 0 Å². The van der Waals surface area contributed by atoms with Crippen LogP contribution in [-0.4, -0.2) is 12.1 Å². The first kappa shape index (κ1) is 21.6. The number of halogens is 3. The molecule has 0 heterocycles. The molecular formula is C22H17Br2ClN2O2. The average Bonchev–Trinajstić information content (AvgIpc) is 2.69. The molecule has 0 aromatic heterocycles. The number of ether oxygens (including phenoxy) is 1. The van der Waals surface area contributed by atoms with Gasteiger partial charge in [0.05, 0.1) is 12.6 Å². The summed E-state index contributed by atoms with van der Waals surface area (Å²) in [6.45, 7) is 0.421. The zero-order valence-corrected chi connectivity index (χ0v) is 19.2. The van der Waals surface area contributed by atoms with Crippen LogP contribution in [0.3, 0.4) is 0 Å². The largest absolute Gasteiger partial charge is 0.488 e. The summed E-state index contributed by atoms with van der Waals surface area (Å²) in [7, 11) is 0. The van der Waals surface area contributed by atoms with Crippen LogP contribution in [0.2, 0.25) is 5.02 Å². The van der Waals surface area contributed by atoms with Gasteiger partial charge in [-0.25, -0.2) is 5.43 Å². The van der Waals surface area contributed by atoms with Gasteiger partial charge < -0.3 is 4.74 Å². The Morgan fingerprint density at radius 1 is 1.00 bits per heavy atom. The van der Waals surface area contributed by atoms with Crippen LogP contribution in [0.5, 0.6) is 5.75 Å². The maximum Gasteiger partial charge on any atom is 0.244 e. The molecule has 3 aromatic rings. The molecule has 1 amide bonds. The minimum atomic E-state index is -0.213. The molecule has 29 heavy (non-hydrogen) atoms. The third-order valence-electron chi connectivity index (χ3n) is 3.93. The minimum Gasteiger partial charge on any atom is -0.488 e. The molecule has 0 aliphatic carbocycles. The maximum absolute atomic E-state index is 12.1. The number of hydrogen-bond acceptors (Lipinski definition) is 3. The van der Waals surface area contributed by atoms with Gasteiger partial charge in [-0.1, -0.05) is 67.7 Å². The molecule has 7 heteroatoms. The molecule has 0 bridgehead atoms. The fraction of sp³-hybridized carbons (Fsp3) is 0.0909. The molecule has 0 radical (unpaired) electrons. The van der Waals surface area contributed by atoms with Gasteiger partial charge in [-0.3, -0.25) is 4.79 Å². The average molecular weight is 537 g/mol. The van der Waals surface area contributed by atoms with E-state index in [-0.39, 0.29) is 12.3 Å². The fourth-order valence-electron chi connectivity index (χ4n) is 2.54. The van der Waals surface area contributed by atoms with Crippen LogP contribution in [0, 0.1) is 0 Å². The predicted molar refractivity (Wildman–Crippen MR) is 124 cm³/mol. The zero-order valence-electron chi connectivity index (χ0n) is 15.2. The molecule has 0 unspecified atom stereocenters. The van der Waals surface area contributed by atoms with Crippen LogP contribution in [-0.2, 0) is 17.8 Å². The molecule has 0 atom stereocenters. The van der Waals surface area contributed by atoms with E-state index in [9.17, 15) is 4.79 Å². The van der Waals surface area contributed by atoms with E-state index in [0.29, 0.717) is 17.4 Å². The van der Waals surface area contributed by atoms with Crippen molar-refractivity contribution in [2.75, 3.05) is 0 Å². The number of carbonyl (C=O) groups excluding carboxylic acids is 1. The highest BCUT2D eigenvalue weighted by molar-refractivity contribution is 9.10. The molecule has 3 aromatic carbocycles. The van der Waals surface area contributed by atoms with Crippen molar-refractivity contribution >= 4 is 55.6 Å². The summed E-state index contributed by atoms with van der Waals surface area (Å²) in [5.41, 5.74) is 5.20. The minimum absolute atomic E-state index is 0.213. The second kappa shape index (κ2) is 10.6. The predicted octanol–water partition coefficient (Wildman–Crippen LogP) is 6.14. The summed E-state index contributed by atoms with van der Waals surface area (Å²) in [6, 6.07) is 20.7. The van der Waals surface area contributed by atoms with Gasteiger partial charge in [-0.2, -0.15) is 5.10 Å². The first-order chi connectivity index (χ1) is 14.0. The number of nitrogens with zero attached hydrogens (tertiary/aromatic N) is 1. The van der Waals surface area contributed by atoms with Crippen LogP contribution in [0.15, 0.2) is 80.8 Å². The Morgan fingerprint density at radius 2 is 1.76 bits per heavy atom. The molecule has 0 saturated carbocycles. The van der Waals surface area contributed by atoms with Gasteiger partial charge in [0.15, 0.2) is 0 Å². The second-order valence-corrected chi connectivity index (χ2v) is 8.46. The lowest BCUT2D eigenvalue weighted by Gasteiger charge is -2.10. The monoisotopic (exact) mass is 534 g/mol. The third-order valence-corrected chi connectivity index (χ3v) is 5.16. The van der Waals surface area contributed by atoms with Gasteiger partial charge in [0.25, 0.3) is 0 Å². The quantitative estimate of drug-likeness (QED) is 0.292. The molecule has 0 spiro atoms. The molecule has 1 N–H and O–H groups in total. The lowest BCUT2D eigenvalue weighted by atomic mass is 10.1. The van der Waals surface area contributed by atoms with E-state index >= 15 is 0 Å². The van der Waals surface area contributed by atoms with Crippen LogP contribution < -0.4 is 10.2 Å². The van der Waals surface area contributed by atoms with Crippen molar-refractivity contribution in [2.24, 2.45) is 5.10 Å². The van der Waals surface area contributed by atoms with Gasteiger partial charge in [0, 0.05) is 19.5 Å². The topological polar surface area (TPSA) is 50.7 Å². The first-order valence-corrected chi connectivity index (χ1v) is 10.7. The molecule has 0 aliphatic rings. The highest BCUT2D eigenvalue weighted by Crippen LogP contribution is 2.23. The van der Waals surface area contributed by atoms with Gasteiger partial charge >= 0.3 is 0 Å². The first-order valence-electron chi connectivity index (χ1n) is 8.73. The molecule has 0 fully saturated rings. The van der Waals surface area contributed by atoms with Crippen molar-refractivity contribution in [1.82, 2.24) is 5.43 Å². The molecule has 0 aliphatic heterocycles. The van der Waals surface area contributed by atoms with Crippen molar-refractivity contribution < 1.29 is 9.53 Å². The second-order valence-electron chi connectivity index (χ2n) is 6.20.